The Bertz CT molecular complexity index is 744. The van der Waals surface area contributed by atoms with Crippen molar-refractivity contribution in [3.05, 3.63) is 34.0 Å². The van der Waals surface area contributed by atoms with Crippen molar-refractivity contribution in [1.29, 1.82) is 21.2 Å². The number of nitriles is 3. The Hall–Kier alpha value is -2.07. The van der Waals surface area contributed by atoms with E-state index in [4.69, 9.17) is 5.41 Å². The van der Waals surface area contributed by atoms with E-state index >= 15 is 0 Å². The zero-order chi connectivity index (χ0) is 15.7. The quantitative estimate of drug-likeness (QED) is 0.801. The van der Waals surface area contributed by atoms with E-state index in [1.807, 2.05) is 23.6 Å². The van der Waals surface area contributed by atoms with E-state index in [0.29, 0.717) is 0 Å². The van der Waals surface area contributed by atoms with Crippen LogP contribution in [0, 0.1) is 56.7 Å². The zero-order valence-corrected chi connectivity index (χ0v) is 13.2. The Morgan fingerprint density at radius 2 is 2.05 bits per heavy atom. The van der Waals surface area contributed by atoms with Crippen molar-refractivity contribution in [3.63, 3.8) is 0 Å². The van der Waals surface area contributed by atoms with E-state index in [1.165, 1.54) is 11.3 Å². The van der Waals surface area contributed by atoms with Crippen molar-refractivity contribution in [2.24, 2.45) is 17.3 Å². The van der Waals surface area contributed by atoms with Gasteiger partial charge in [-0.25, -0.2) is 0 Å². The number of nitrogens with one attached hydrogen (secondary N) is 1. The molecule has 0 spiro atoms. The highest BCUT2D eigenvalue weighted by Gasteiger charge is 2.57. The van der Waals surface area contributed by atoms with E-state index in [2.05, 4.69) is 18.2 Å². The van der Waals surface area contributed by atoms with Gasteiger partial charge in [-0.1, -0.05) is 12.1 Å². The number of allylic oxidation sites excluding steroid dienone is 1. The van der Waals surface area contributed by atoms with Crippen LogP contribution in [0.4, 0.5) is 0 Å². The van der Waals surface area contributed by atoms with Crippen LogP contribution >= 0.6 is 23.1 Å². The molecule has 1 fully saturated rings. The molecule has 4 nitrogen and oxygen atoms in total. The van der Waals surface area contributed by atoms with Crippen LogP contribution in [0.2, 0.25) is 0 Å². The molecule has 1 aromatic rings. The van der Waals surface area contributed by atoms with Gasteiger partial charge in [-0.15, -0.1) is 11.3 Å². The van der Waals surface area contributed by atoms with Gasteiger partial charge < -0.3 is 5.41 Å². The fourth-order valence-electron chi connectivity index (χ4n) is 3.39. The standard InChI is InChI=1S/C16H12N4S2/c17-6-11-10-3-5-21-7-12(10)14(13-2-1-4-22-13)16(8-18,9-19)15(11)20/h1-4,11-12,14,20H,5,7H2/t11-,12-,14-/m0/s1. The largest absolute Gasteiger partial charge is 0.305 e. The molecule has 0 saturated heterocycles. The first-order chi connectivity index (χ1) is 10.7. The van der Waals surface area contributed by atoms with Gasteiger partial charge in [0.1, 0.15) is 5.92 Å². The minimum absolute atomic E-state index is 0.0320. The van der Waals surface area contributed by atoms with E-state index in [0.717, 1.165) is 22.0 Å². The molecule has 0 bridgehead atoms. The molecule has 0 amide bonds. The number of hydrogen-bond acceptors (Lipinski definition) is 6. The molecule has 3 atom stereocenters. The van der Waals surface area contributed by atoms with Gasteiger partial charge in [0.05, 0.1) is 23.9 Å². The lowest BCUT2D eigenvalue weighted by Crippen LogP contribution is -2.49. The summed E-state index contributed by atoms with van der Waals surface area (Å²) in [7, 11) is 0. The summed E-state index contributed by atoms with van der Waals surface area (Å²) in [6.07, 6.45) is 2.01. The van der Waals surface area contributed by atoms with Crippen LogP contribution in [-0.2, 0) is 0 Å². The van der Waals surface area contributed by atoms with E-state index in [9.17, 15) is 15.8 Å². The third-order valence-corrected chi connectivity index (χ3v) is 6.36. The lowest BCUT2D eigenvalue weighted by molar-refractivity contribution is 0.384. The van der Waals surface area contributed by atoms with Gasteiger partial charge in [0.2, 0.25) is 0 Å². The second-order valence-electron chi connectivity index (χ2n) is 5.35. The Labute approximate surface area is 137 Å². The van der Waals surface area contributed by atoms with Crippen molar-refractivity contribution in [3.8, 4) is 18.2 Å². The van der Waals surface area contributed by atoms with Gasteiger partial charge in [0, 0.05) is 28.2 Å². The predicted octanol–water partition coefficient (Wildman–Crippen LogP) is 3.33. The minimum atomic E-state index is -1.55. The SMILES string of the molecule is N#C[C@@H]1C(=N)C(C#N)(C#N)[C@H](c2cccs2)[C@H]2CSCC=C12. The molecule has 1 aliphatic carbocycles. The van der Waals surface area contributed by atoms with Crippen LogP contribution in [0.1, 0.15) is 10.8 Å². The molecule has 0 aromatic carbocycles. The molecule has 108 valence electrons. The molecule has 0 unspecified atom stereocenters. The molecule has 1 aromatic heterocycles. The van der Waals surface area contributed by atoms with Crippen molar-refractivity contribution >= 4 is 28.8 Å². The lowest BCUT2D eigenvalue weighted by Gasteiger charge is -2.44. The number of fused-ring (bicyclic) bond motifs is 1. The summed E-state index contributed by atoms with van der Waals surface area (Å²) < 4.78 is 0. The van der Waals surface area contributed by atoms with Gasteiger partial charge in [-0.2, -0.15) is 27.5 Å². The summed E-state index contributed by atoms with van der Waals surface area (Å²) in [5.74, 6) is 0.460. The summed E-state index contributed by atoms with van der Waals surface area (Å²) in [5, 5.41) is 39.3. The smallest absolute Gasteiger partial charge is 0.190 e. The third kappa shape index (κ3) is 1.91. The molecule has 22 heavy (non-hydrogen) atoms. The van der Waals surface area contributed by atoms with Gasteiger partial charge in [0.15, 0.2) is 5.41 Å². The van der Waals surface area contributed by atoms with Crippen LogP contribution in [0.5, 0.6) is 0 Å². The zero-order valence-electron chi connectivity index (χ0n) is 11.6. The third-order valence-electron chi connectivity index (χ3n) is 4.41. The van der Waals surface area contributed by atoms with Gasteiger partial charge >= 0.3 is 0 Å². The van der Waals surface area contributed by atoms with Crippen LogP contribution in [0.25, 0.3) is 0 Å². The highest BCUT2D eigenvalue weighted by Crippen LogP contribution is 2.55. The Kier molecular flexibility index (Phi) is 3.79. The Balaban J connectivity index is 2.25. The summed E-state index contributed by atoms with van der Waals surface area (Å²) in [6, 6.07) is 10.1. The van der Waals surface area contributed by atoms with Crippen LogP contribution in [0.15, 0.2) is 29.2 Å². The molecule has 6 heteroatoms. The molecular formula is C16H12N4S2. The maximum Gasteiger partial charge on any atom is 0.190 e. The molecule has 2 aliphatic rings. The molecule has 3 rings (SSSR count). The Morgan fingerprint density at radius 1 is 1.27 bits per heavy atom. The minimum Gasteiger partial charge on any atom is -0.305 e. The van der Waals surface area contributed by atoms with Crippen molar-refractivity contribution in [1.82, 2.24) is 0 Å². The second-order valence-corrected chi connectivity index (χ2v) is 7.40. The first-order valence-electron chi connectivity index (χ1n) is 6.81. The first-order valence-corrected chi connectivity index (χ1v) is 8.85. The van der Waals surface area contributed by atoms with Gasteiger partial charge in [0.25, 0.3) is 0 Å². The monoisotopic (exact) mass is 324 g/mol. The first kappa shape index (κ1) is 14.9. The van der Waals surface area contributed by atoms with E-state index in [1.54, 1.807) is 11.8 Å². The van der Waals surface area contributed by atoms with E-state index < -0.39 is 11.3 Å². The number of nitrogens with zero attached hydrogens (tertiary/aromatic N) is 3. The van der Waals surface area contributed by atoms with Crippen LogP contribution in [0.3, 0.4) is 0 Å². The topological polar surface area (TPSA) is 95.2 Å². The number of thioether (sulfide) groups is 1. The van der Waals surface area contributed by atoms with Crippen LogP contribution < -0.4 is 0 Å². The van der Waals surface area contributed by atoms with Gasteiger partial charge in [-0.05, 0) is 17.0 Å². The van der Waals surface area contributed by atoms with Gasteiger partial charge in [-0.3, -0.25) is 0 Å². The fraction of sp³-hybridized carbons (Fsp3) is 0.375. The van der Waals surface area contributed by atoms with Crippen LogP contribution in [-0.4, -0.2) is 17.2 Å². The number of rotatable bonds is 1. The van der Waals surface area contributed by atoms with Crippen molar-refractivity contribution in [2.45, 2.75) is 5.92 Å². The molecule has 1 N–H and O–H groups in total. The van der Waals surface area contributed by atoms with Crippen molar-refractivity contribution in [2.75, 3.05) is 11.5 Å². The lowest BCUT2D eigenvalue weighted by atomic mass is 9.56. The summed E-state index contributed by atoms with van der Waals surface area (Å²) in [4.78, 5) is 0.947. The predicted molar refractivity (Wildman–Crippen MR) is 86.4 cm³/mol. The average molecular weight is 324 g/mol. The second kappa shape index (κ2) is 5.61. The molecule has 1 saturated carbocycles. The molecule has 1 aliphatic heterocycles. The van der Waals surface area contributed by atoms with Crippen molar-refractivity contribution < 1.29 is 0 Å². The highest BCUT2D eigenvalue weighted by molar-refractivity contribution is 7.99. The summed E-state index contributed by atoms with van der Waals surface area (Å²) >= 11 is 3.26. The normalized spacial score (nSPS) is 29.4. The maximum absolute atomic E-state index is 9.74. The van der Waals surface area contributed by atoms with E-state index in [-0.39, 0.29) is 17.5 Å². The number of thiophene rings is 1. The number of hydrogen-bond donors (Lipinski definition) is 1. The molecule has 2 heterocycles. The highest BCUT2D eigenvalue weighted by atomic mass is 32.2. The average Bonchev–Trinajstić information content (AvgIpc) is 3.08. The fourth-order valence-corrected chi connectivity index (χ4v) is 5.43. The summed E-state index contributed by atoms with van der Waals surface area (Å²) in [5.41, 5.74) is -0.691. The molecular weight excluding hydrogens is 312 g/mol. The maximum atomic E-state index is 9.74. The Morgan fingerprint density at radius 3 is 2.64 bits per heavy atom. The summed E-state index contributed by atoms with van der Waals surface area (Å²) in [6.45, 7) is 0. The molecule has 0 radical (unpaired) electrons.